The minimum absolute atomic E-state index is 0.293. The van der Waals surface area contributed by atoms with Crippen molar-refractivity contribution in [3.05, 3.63) is 51.6 Å². The molecular formula is C16H15IO3. The topological polar surface area (TPSA) is 35.5 Å². The van der Waals surface area contributed by atoms with Gasteiger partial charge < -0.3 is 9.47 Å². The number of rotatable bonds is 4. The maximum atomic E-state index is 11.8. The first-order valence-corrected chi connectivity index (χ1v) is 7.34. The van der Waals surface area contributed by atoms with Crippen LogP contribution in [0.1, 0.15) is 17.3 Å². The van der Waals surface area contributed by atoms with Gasteiger partial charge in [-0.25, -0.2) is 4.79 Å². The number of ether oxygens (including phenoxy) is 2. The van der Waals surface area contributed by atoms with Crippen molar-refractivity contribution < 1.29 is 14.3 Å². The van der Waals surface area contributed by atoms with Gasteiger partial charge >= 0.3 is 5.97 Å². The van der Waals surface area contributed by atoms with Gasteiger partial charge in [-0.15, -0.1) is 0 Å². The van der Waals surface area contributed by atoms with E-state index in [4.69, 9.17) is 9.47 Å². The number of carbonyl (C=O) groups is 1. The summed E-state index contributed by atoms with van der Waals surface area (Å²) in [7, 11) is 1.64. The summed E-state index contributed by atoms with van der Waals surface area (Å²) in [5.41, 5.74) is 2.62. The van der Waals surface area contributed by atoms with Crippen LogP contribution in [-0.2, 0) is 4.74 Å². The summed E-state index contributed by atoms with van der Waals surface area (Å²) in [4.78, 5) is 11.8. The molecule has 0 heterocycles. The number of esters is 1. The number of methoxy groups -OCH3 is 1. The second-order valence-corrected chi connectivity index (χ2v) is 5.31. The second-order valence-electron chi connectivity index (χ2n) is 4.14. The average Bonchev–Trinajstić information content (AvgIpc) is 2.48. The molecule has 0 bridgehead atoms. The van der Waals surface area contributed by atoms with E-state index in [1.54, 1.807) is 20.1 Å². The van der Waals surface area contributed by atoms with Crippen molar-refractivity contribution in [1.82, 2.24) is 0 Å². The molecule has 0 saturated carbocycles. The maximum absolute atomic E-state index is 11.8. The number of hydrogen-bond acceptors (Lipinski definition) is 3. The van der Waals surface area contributed by atoms with Crippen LogP contribution in [0.4, 0.5) is 0 Å². The van der Waals surface area contributed by atoms with Gasteiger partial charge in [-0.1, -0.05) is 12.1 Å². The number of halogens is 1. The highest BCUT2D eigenvalue weighted by Crippen LogP contribution is 2.28. The summed E-state index contributed by atoms with van der Waals surface area (Å²) in [5, 5.41) is 0. The molecule has 2 rings (SSSR count). The maximum Gasteiger partial charge on any atom is 0.338 e. The molecule has 2 aromatic rings. The van der Waals surface area contributed by atoms with Gasteiger partial charge in [-0.2, -0.15) is 0 Å². The summed E-state index contributed by atoms with van der Waals surface area (Å²) >= 11 is 2.26. The molecule has 0 aliphatic carbocycles. The fourth-order valence-electron chi connectivity index (χ4n) is 1.86. The summed E-state index contributed by atoms with van der Waals surface area (Å²) in [6.45, 7) is 2.18. The van der Waals surface area contributed by atoms with E-state index in [1.807, 2.05) is 36.4 Å². The lowest BCUT2D eigenvalue weighted by molar-refractivity contribution is 0.0526. The lowest BCUT2D eigenvalue weighted by atomic mass is 10.0. The minimum Gasteiger partial charge on any atom is -0.497 e. The van der Waals surface area contributed by atoms with Crippen molar-refractivity contribution in [3.63, 3.8) is 0 Å². The Labute approximate surface area is 132 Å². The molecule has 0 spiro atoms. The van der Waals surface area contributed by atoms with E-state index in [-0.39, 0.29) is 5.97 Å². The predicted molar refractivity (Wildman–Crippen MR) is 87.1 cm³/mol. The van der Waals surface area contributed by atoms with Crippen molar-refractivity contribution in [2.45, 2.75) is 6.92 Å². The molecule has 20 heavy (non-hydrogen) atoms. The zero-order valence-corrected chi connectivity index (χ0v) is 13.5. The largest absolute Gasteiger partial charge is 0.497 e. The van der Waals surface area contributed by atoms with Gasteiger partial charge in [0.2, 0.25) is 0 Å². The van der Waals surface area contributed by atoms with Crippen LogP contribution in [0.25, 0.3) is 11.1 Å². The van der Waals surface area contributed by atoms with Crippen LogP contribution in [0.5, 0.6) is 5.75 Å². The molecule has 0 aliphatic rings. The fourth-order valence-corrected chi connectivity index (χ4v) is 2.51. The summed E-state index contributed by atoms with van der Waals surface area (Å²) in [6.07, 6.45) is 0. The van der Waals surface area contributed by atoms with Crippen LogP contribution >= 0.6 is 22.6 Å². The van der Waals surface area contributed by atoms with Gasteiger partial charge in [0.25, 0.3) is 0 Å². The lowest BCUT2D eigenvalue weighted by Crippen LogP contribution is -2.04. The summed E-state index contributed by atoms with van der Waals surface area (Å²) in [5.74, 6) is 0.518. The van der Waals surface area contributed by atoms with Crippen LogP contribution in [0.3, 0.4) is 0 Å². The predicted octanol–water partition coefficient (Wildman–Crippen LogP) is 4.14. The van der Waals surface area contributed by atoms with E-state index in [0.29, 0.717) is 12.2 Å². The number of benzene rings is 2. The Bertz CT molecular complexity index is 606. The monoisotopic (exact) mass is 382 g/mol. The molecule has 0 aromatic heterocycles. The SMILES string of the molecule is CCOC(=O)c1ccc(I)c(-c2ccc(OC)cc2)c1. The third-order valence-corrected chi connectivity index (χ3v) is 3.82. The fraction of sp³-hybridized carbons (Fsp3) is 0.188. The molecule has 0 N–H and O–H groups in total. The Morgan fingerprint density at radius 2 is 1.85 bits per heavy atom. The third kappa shape index (κ3) is 3.30. The Morgan fingerprint density at radius 3 is 2.45 bits per heavy atom. The standard InChI is InChI=1S/C16H15IO3/c1-3-20-16(18)12-6-9-15(17)14(10-12)11-4-7-13(19-2)8-5-11/h4-10H,3H2,1-2H3. The summed E-state index contributed by atoms with van der Waals surface area (Å²) < 4.78 is 11.3. The van der Waals surface area contributed by atoms with Gasteiger partial charge in [0.1, 0.15) is 5.75 Å². The molecular weight excluding hydrogens is 367 g/mol. The second kappa shape index (κ2) is 6.74. The average molecular weight is 382 g/mol. The van der Waals surface area contributed by atoms with Crippen molar-refractivity contribution in [2.24, 2.45) is 0 Å². The minimum atomic E-state index is -0.293. The molecule has 0 amide bonds. The van der Waals surface area contributed by atoms with E-state index in [0.717, 1.165) is 20.4 Å². The van der Waals surface area contributed by atoms with Crippen molar-refractivity contribution in [1.29, 1.82) is 0 Å². The van der Waals surface area contributed by atoms with Crippen LogP contribution in [0, 0.1) is 3.57 Å². The Morgan fingerprint density at radius 1 is 1.15 bits per heavy atom. The van der Waals surface area contributed by atoms with Crippen molar-refractivity contribution >= 4 is 28.6 Å². The Balaban J connectivity index is 2.39. The van der Waals surface area contributed by atoms with E-state index in [2.05, 4.69) is 22.6 Å². The highest BCUT2D eigenvalue weighted by Gasteiger charge is 2.10. The highest BCUT2D eigenvalue weighted by molar-refractivity contribution is 14.1. The molecule has 4 heteroatoms. The molecule has 0 unspecified atom stereocenters. The van der Waals surface area contributed by atoms with Gasteiger partial charge in [0, 0.05) is 3.57 Å². The van der Waals surface area contributed by atoms with Crippen LogP contribution in [0.15, 0.2) is 42.5 Å². The first kappa shape index (κ1) is 14.8. The van der Waals surface area contributed by atoms with Gasteiger partial charge in [-0.3, -0.25) is 0 Å². The molecule has 0 saturated heterocycles. The molecule has 3 nitrogen and oxygen atoms in total. The zero-order chi connectivity index (χ0) is 14.5. The Kier molecular flexibility index (Phi) is 5.00. The molecule has 0 radical (unpaired) electrons. The van der Waals surface area contributed by atoms with E-state index < -0.39 is 0 Å². The van der Waals surface area contributed by atoms with E-state index >= 15 is 0 Å². The van der Waals surface area contributed by atoms with Crippen molar-refractivity contribution in [3.8, 4) is 16.9 Å². The number of hydrogen-bond donors (Lipinski definition) is 0. The zero-order valence-electron chi connectivity index (χ0n) is 11.4. The third-order valence-electron chi connectivity index (χ3n) is 2.88. The van der Waals surface area contributed by atoms with Crippen molar-refractivity contribution in [2.75, 3.05) is 13.7 Å². The molecule has 0 fully saturated rings. The Hall–Kier alpha value is -1.56. The molecule has 0 atom stereocenters. The summed E-state index contributed by atoms with van der Waals surface area (Å²) in [6, 6.07) is 13.3. The van der Waals surface area contributed by atoms with Crippen LogP contribution < -0.4 is 4.74 Å². The first-order chi connectivity index (χ1) is 9.65. The van der Waals surface area contributed by atoms with Gasteiger partial charge in [-0.05, 0) is 71.0 Å². The normalized spacial score (nSPS) is 10.2. The van der Waals surface area contributed by atoms with Crippen LogP contribution in [0.2, 0.25) is 0 Å². The lowest BCUT2D eigenvalue weighted by Gasteiger charge is -2.09. The number of carbonyl (C=O) groups excluding carboxylic acids is 1. The smallest absolute Gasteiger partial charge is 0.338 e. The van der Waals surface area contributed by atoms with E-state index in [1.165, 1.54) is 0 Å². The van der Waals surface area contributed by atoms with Gasteiger partial charge in [0.15, 0.2) is 0 Å². The quantitative estimate of drug-likeness (QED) is 0.589. The molecule has 2 aromatic carbocycles. The molecule has 0 aliphatic heterocycles. The van der Waals surface area contributed by atoms with Crippen LogP contribution in [-0.4, -0.2) is 19.7 Å². The van der Waals surface area contributed by atoms with E-state index in [9.17, 15) is 4.79 Å². The first-order valence-electron chi connectivity index (χ1n) is 6.26. The molecule has 104 valence electrons. The van der Waals surface area contributed by atoms with Gasteiger partial charge in [0.05, 0.1) is 19.3 Å². The highest BCUT2D eigenvalue weighted by atomic mass is 127.